The lowest BCUT2D eigenvalue weighted by molar-refractivity contribution is -0.385. The molecule has 8 nitrogen and oxygen atoms in total. The number of hydrogen-bond acceptors (Lipinski definition) is 5. The van der Waals surface area contributed by atoms with Gasteiger partial charge in [-0.1, -0.05) is 12.1 Å². The molecule has 0 spiro atoms. The van der Waals surface area contributed by atoms with Crippen LogP contribution >= 0.6 is 0 Å². The normalized spacial score (nSPS) is 20.9. The molecule has 0 bridgehead atoms. The number of benzene rings is 1. The van der Waals surface area contributed by atoms with Crippen LogP contribution in [0.3, 0.4) is 0 Å². The van der Waals surface area contributed by atoms with E-state index in [1.807, 2.05) is 0 Å². The lowest BCUT2D eigenvalue weighted by atomic mass is 10.1. The first kappa shape index (κ1) is 16.4. The van der Waals surface area contributed by atoms with E-state index in [2.05, 4.69) is 0 Å². The van der Waals surface area contributed by atoms with Crippen molar-refractivity contribution < 1.29 is 19.2 Å². The second kappa shape index (κ2) is 6.96. The fourth-order valence-corrected chi connectivity index (χ4v) is 3.09. The molecule has 1 aromatic rings. The zero-order valence-corrected chi connectivity index (χ0v) is 13.2. The van der Waals surface area contributed by atoms with E-state index in [0.29, 0.717) is 32.8 Å². The number of ether oxygens (including phenoxy) is 1. The smallest absolute Gasteiger partial charge is 0.282 e. The molecule has 0 aromatic heterocycles. The maximum Gasteiger partial charge on any atom is 0.282 e. The molecule has 8 heteroatoms. The van der Waals surface area contributed by atoms with E-state index in [4.69, 9.17) is 4.74 Å². The summed E-state index contributed by atoms with van der Waals surface area (Å²) in [5.74, 6) is -0.392. The second-order valence-electron chi connectivity index (χ2n) is 5.89. The SMILES string of the molecule is O=C(c1ccccc1[N+](=O)[O-])N1CCN(C(=O)C2CCCO2)CC1. The first-order chi connectivity index (χ1) is 11.6. The third-order valence-corrected chi connectivity index (χ3v) is 4.41. The highest BCUT2D eigenvalue weighted by atomic mass is 16.6. The summed E-state index contributed by atoms with van der Waals surface area (Å²) in [4.78, 5) is 38.6. The van der Waals surface area contributed by atoms with Gasteiger partial charge in [0, 0.05) is 38.9 Å². The Kier molecular flexibility index (Phi) is 4.75. The molecular weight excluding hydrogens is 314 g/mol. The van der Waals surface area contributed by atoms with Gasteiger partial charge in [-0.25, -0.2) is 0 Å². The fourth-order valence-electron chi connectivity index (χ4n) is 3.09. The van der Waals surface area contributed by atoms with Gasteiger partial charge >= 0.3 is 0 Å². The third kappa shape index (κ3) is 3.23. The van der Waals surface area contributed by atoms with Gasteiger partial charge in [0.15, 0.2) is 0 Å². The van der Waals surface area contributed by atoms with Crippen molar-refractivity contribution in [2.24, 2.45) is 0 Å². The van der Waals surface area contributed by atoms with Crippen molar-refractivity contribution >= 4 is 17.5 Å². The molecule has 2 aliphatic heterocycles. The molecule has 3 rings (SSSR count). The molecule has 0 radical (unpaired) electrons. The molecule has 0 aliphatic carbocycles. The predicted molar refractivity (Wildman–Crippen MR) is 84.6 cm³/mol. The van der Waals surface area contributed by atoms with E-state index >= 15 is 0 Å². The first-order valence-corrected chi connectivity index (χ1v) is 8.01. The van der Waals surface area contributed by atoms with E-state index in [9.17, 15) is 19.7 Å². The number of piperazine rings is 1. The van der Waals surface area contributed by atoms with Crippen LogP contribution in [-0.2, 0) is 9.53 Å². The highest BCUT2D eigenvalue weighted by Crippen LogP contribution is 2.21. The number of carbonyl (C=O) groups excluding carboxylic acids is 2. The van der Waals surface area contributed by atoms with Crippen LogP contribution in [0.2, 0.25) is 0 Å². The summed E-state index contributed by atoms with van der Waals surface area (Å²) in [6.45, 7) is 2.19. The molecule has 2 aliphatic rings. The lowest BCUT2D eigenvalue weighted by Gasteiger charge is -2.35. The molecule has 1 atom stereocenters. The molecule has 2 amide bonds. The van der Waals surface area contributed by atoms with Crippen LogP contribution in [0, 0.1) is 10.1 Å². The number of carbonyl (C=O) groups is 2. The van der Waals surface area contributed by atoms with Crippen LogP contribution < -0.4 is 0 Å². The summed E-state index contributed by atoms with van der Waals surface area (Å²) >= 11 is 0. The van der Waals surface area contributed by atoms with Crippen LogP contribution in [0.4, 0.5) is 5.69 Å². The van der Waals surface area contributed by atoms with Gasteiger partial charge in [0.2, 0.25) is 0 Å². The lowest BCUT2D eigenvalue weighted by Crippen LogP contribution is -2.52. The number of para-hydroxylation sites is 1. The summed E-state index contributed by atoms with van der Waals surface area (Å²) in [5, 5.41) is 11.1. The second-order valence-corrected chi connectivity index (χ2v) is 5.89. The van der Waals surface area contributed by atoms with Crippen molar-refractivity contribution in [3.8, 4) is 0 Å². The molecule has 2 heterocycles. The number of nitro benzene ring substituents is 1. The summed E-state index contributed by atoms with van der Waals surface area (Å²) in [6.07, 6.45) is 1.28. The minimum Gasteiger partial charge on any atom is -0.368 e. The predicted octanol–water partition coefficient (Wildman–Crippen LogP) is 1.06. The van der Waals surface area contributed by atoms with Crippen molar-refractivity contribution in [2.75, 3.05) is 32.8 Å². The Morgan fingerprint density at radius 3 is 2.42 bits per heavy atom. The Labute approximate surface area is 139 Å². The van der Waals surface area contributed by atoms with E-state index in [1.54, 1.807) is 15.9 Å². The maximum atomic E-state index is 12.6. The number of nitrogens with zero attached hydrogens (tertiary/aromatic N) is 3. The van der Waals surface area contributed by atoms with Crippen LogP contribution in [0.25, 0.3) is 0 Å². The molecule has 1 aromatic carbocycles. The average molecular weight is 333 g/mol. The molecule has 24 heavy (non-hydrogen) atoms. The summed E-state index contributed by atoms with van der Waals surface area (Å²) in [5.41, 5.74) is -0.109. The minimum atomic E-state index is -0.551. The molecule has 1 unspecified atom stereocenters. The van der Waals surface area contributed by atoms with Gasteiger partial charge in [0.25, 0.3) is 17.5 Å². The van der Waals surface area contributed by atoms with Gasteiger partial charge in [0.05, 0.1) is 4.92 Å². The van der Waals surface area contributed by atoms with Gasteiger partial charge in [-0.15, -0.1) is 0 Å². The fraction of sp³-hybridized carbons (Fsp3) is 0.500. The summed E-state index contributed by atoms with van der Waals surface area (Å²) in [7, 11) is 0. The topological polar surface area (TPSA) is 93.0 Å². The quantitative estimate of drug-likeness (QED) is 0.609. The van der Waals surface area contributed by atoms with Crippen molar-refractivity contribution in [3.63, 3.8) is 0 Å². The van der Waals surface area contributed by atoms with E-state index in [-0.39, 0.29) is 29.2 Å². The van der Waals surface area contributed by atoms with Gasteiger partial charge in [-0.3, -0.25) is 19.7 Å². The Hall–Kier alpha value is -2.48. The maximum absolute atomic E-state index is 12.6. The standard InChI is InChI=1S/C16H19N3O5/c20-15(12-4-1-2-5-13(12)19(22)23)17-7-9-18(10-8-17)16(21)14-6-3-11-24-14/h1-2,4-5,14H,3,6-11H2. The van der Waals surface area contributed by atoms with Gasteiger partial charge in [-0.2, -0.15) is 0 Å². The van der Waals surface area contributed by atoms with Gasteiger partial charge in [-0.05, 0) is 18.9 Å². The van der Waals surface area contributed by atoms with Crippen molar-refractivity contribution in [2.45, 2.75) is 18.9 Å². The molecule has 0 saturated carbocycles. The largest absolute Gasteiger partial charge is 0.368 e. The molecule has 0 N–H and O–H groups in total. The average Bonchev–Trinajstić information content (AvgIpc) is 3.15. The van der Waals surface area contributed by atoms with Crippen LogP contribution in [0.1, 0.15) is 23.2 Å². The minimum absolute atomic E-state index is 0.0229. The number of amides is 2. The molecule has 128 valence electrons. The van der Waals surface area contributed by atoms with Gasteiger partial charge < -0.3 is 14.5 Å². The molecule has 2 saturated heterocycles. The summed E-state index contributed by atoms with van der Waals surface area (Å²) < 4.78 is 5.41. The Morgan fingerprint density at radius 2 is 1.79 bits per heavy atom. The Morgan fingerprint density at radius 1 is 1.12 bits per heavy atom. The van der Waals surface area contributed by atoms with Crippen LogP contribution in [-0.4, -0.2) is 65.4 Å². The number of rotatable bonds is 3. The van der Waals surface area contributed by atoms with Crippen molar-refractivity contribution in [1.29, 1.82) is 0 Å². The van der Waals surface area contributed by atoms with E-state index in [1.165, 1.54) is 18.2 Å². The van der Waals surface area contributed by atoms with Gasteiger partial charge in [0.1, 0.15) is 11.7 Å². The highest BCUT2D eigenvalue weighted by molar-refractivity contribution is 5.98. The molecule has 2 fully saturated rings. The number of nitro groups is 1. The van der Waals surface area contributed by atoms with Crippen molar-refractivity contribution in [3.05, 3.63) is 39.9 Å². The third-order valence-electron chi connectivity index (χ3n) is 4.41. The van der Waals surface area contributed by atoms with Crippen molar-refractivity contribution in [1.82, 2.24) is 9.80 Å². The van der Waals surface area contributed by atoms with Crippen LogP contribution in [0.15, 0.2) is 24.3 Å². The summed E-state index contributed by atoms with van der Waals surface area (Å²) in [6, 6.07) is 5.93. The zero-order valence-electron chi connectivity index (χ0n) is 13.2. The Balaban J connectivity index is 1.63. The first-order valence-electron chi connectivity index (χ1n) is 8.01. The zero-order chi connectivity index (χ0) is 17.1. The Bertz CT molecular complexity index is 649. The van der Waals surface area contributed by atoms with Crippen LogP contribution in [0.5, 0.6) is 0 Å². The highest BCUT2D eigenvalue weighted by Gasteiger charge is 2.32. The number of hydrogen-bond donors (Lipinski definition) is 0. The molecular formula is C16H19N3O5. The van der Waals surface area contributed by atoms with E-state index < -0.39 is 4.92 Å². The van der Waals surface area contributed by atoms with E-state index in [0.717, 1.165) is 12.8 Å². The monoisotopic (exact) mass is 333 g/mol.